The van der Waals surface area contributed by atoms with E-state index in [9.17, 15) is 9.50 Å². The standard InChI is InChI=1S/C18H20FN3O2/c1-12-3-8-15(24-12)18(2,23)11-22-16(17-20-9-10-21-17)13-4-6-14(19)7-5-13/h3-10,16,22-23H,11H2,1-2H3,(H,20,21)/t16-,18-/m0/s1. The van der Waals surface area contributed by atoms with Crippen LogP contribution in [0.5, 0.6) is 0 Å². The predicted octanol–water partition coefficient (Wildman–Crippen LogP) is 3.04. The van der Waals surface area contributed by atoms with Crippen molar-refractivity contribution in [3.05, 3.63) is 77.5 Å². The first-order chi connectivity index (χ1) is 11.5. The molecule has 0 aliphatic heterocycles. The van der Waals surface area contributed by atoms with Gasteiger partial charge in [-0.25, -0.2) is 9.37 Å². The van der Waals surface area contributed by atoms with E-state index in [-0.39, 0.29) is 18.4 Å². The summed E-state index contributed by atoms with van der Waals surface area (Å²) in [6, 6.07) is 9.47. The Kier molecular flexibility index (Phi) is 4.51. The number of aromatic nitrogens is 2. The number of benzene rings is 1. The molecule has 6 heteroatoms. The molecule has 0 spiro atoms. The van der Waals surface area contributed by atoms with Crippen LogP contribution in [0.1, 0.15) is 35.9 Å². The lowest BCUT2D eigenvalue weighted by molar-refractivity contribution is 0.0317. The average Bonchev–Trinajstić information content (AvgIpc) is 3.21. The summed E-state index contributed by atoms with van der Waals surface area (Å²) in [5.41, 5.74) is -0.336. The molecule has 0 bridgehead atoms. The van der Waals surface area contributed by atoms with Gasteiger partial charge in [0.15, 0.2) is 0 Å². The maximum Gasteiger partial charge on any atom is 0.136 e. The minimum Gasteiger partial charge on any atom is -0.463 e. The molecule has 24 heavy (non-hydrogen) atoms. The lowest BCUT2D eigenvalue weighted by atomic mass is 10.0. The highest BCUT2D eigenvalue weighted by Gasteiger charge is 2.29. The zero-order chi connectivity index (χ0) is 17.2. The Balaban J connectivity index is 1.81. The van der Waals surface area contributed by atoms with Gasteiger partial charge < -0.3 is 19.8 Å². The van der Waals surface area contributed by atoms with Crippen LogP contribution in [-0.4, -0.2) is 21.6 Å². The topological polar surface area (TPSA) is 74.1 Å². The highest BCUT2D eigenvalue weighted by Crippen LogP contribution is 2.25. The van der Waals surface area contributed by atoms with E-state index in [0.717, 1.165) is 11.3 Å². The fraction of sp³-hybridized carbons (Fsp3) is 0.278. The Bertz CT molecular complexity index is 779. The van der Waals surface area contributed by atoms with Gasteiger partial charge in [-0.2, -0.15) is 0 Å². The molecule has 2 heterocycles. The van der Waals surface area contributed by atoms with Crippen molar-refractivity contribution in [2.75, 3.05) is 6.54 Å². The van der Waals surface area contributed by atoms with Crippen LogP contribution in [0, 0.1) is 12.7 Å². The van der Waals surface area contributed by atoms with Gasteiger partial charge >= 0.3 is 0 Å². The highest BCUT2D eigenvalue weighted by molar-refractivity contribution is 5.25. The number of halogens is 1. The van der Waals surface area contributed by atoms with Crippen molar-refractivity contribution in [3.63, 3.8) is 0 Å². The zero-order valence-electron chi connectivity index (χ0n) is 13.6. The molecule has 0 saturated carbocycles. The molecule has 2 atom stereocenters. The number of rotatable bonds is 6. The van der Waals surface area contributed by atoms with Gasteiger partial charge in [0, 0.05) is 18.9 Å². The normalized spacial score (nSPS) is 15.2. The van der Waals surface area contributed by atoms with Crippen molar-refractivity contribution in [3.8, 4) is 0 Å². The van der Waals surface area contributed by atoms with Crippen LogP contribution in [0.3, 0.4) is 0 Å². The van der Waals surface area contributed by atoms with Crippen LogP contribution in [0.2, 0.25) is 0 Å². The minimum atomic E-state index is -1.18. The second kappa shape index (κ2) is 6.59. The minimum absolute atomic E-state index is 0.239. The molecule has 3 N–H and O–H groups in total. The summed E-state index contributed by atoms with van der Waals surface area (Å²) in [7, 11) is 0. The summed E-state index contributed by atoms with van der Waals surface area (Å²) in [4.78, 5) is 7.33. The van der Waals surface area contributed by atoms with Gasteiger partial charge in [0.05, 0.1) is 6.04 Å². The third-order valence-electron chi connectivity index (χ3n) is 3.92. The smallest absolute Gasteiger partial charge is 0.136 e. The van der Waals surface area contributed by atoms with Crippen LogP contribution in [-0.2, 0) is 5.60 Å². The van der Waals surface area contributed by atoms with Gasteiger partial charge in [0.1, 0.15) is 28.8 Å². The Hall–Kier alpha value is -2.44. The van der Waals surface area contributed by atoms with Gasteiger partial charge in [-0.15, -0.1) is 0 Å². The van der Waals surface area contributed by atoms with Crippen molar-refractivity contribution in [2.24, 2.45) is 0 Å². The van der Waals surface area contributed by atoms with E-state index in [4.69, 9.17) is 4.42 Å². The van der Waals surface area contributed by atoms with E-state index < -0.39 is 5.60 Å². The summed E-state index contributed by atoms with van der Waals surface area (Å²) < 4.78 is 18.7. The number of aliphatic hydroxyl groups is 1. The Morgan fingerprint density at radius 1 is 1.29 bits per heavy atom. The highest BCUT2D eigenvalue weighted by atomic mass is 19.1. The fourth-order valence-corrected chi connectivity index (χ4v) is 2.57. The van der Waals surface area contributed by atoms with Crippen molar-refractivity contribution < 1.29 is 13.9 Å². The second-order valence-corrected chi connectivity index (χ2v) is 6.02. The molecule has 0 amide bonds. The molecule has 0 aliphatic carbocycles. The first kappa shape index (κ1) is 16.4. The Labute approximate surface area is 139 Å². The monoisotopic (exact) mass is 329 g/mol. The molecule has 0 fully saturated rings. The Morgan fingerprint density at radius 3 is 2.62 bits per heavy atom. The van der Waals surface area contributed by atoms with Crippen LogP contribution in [0.4, 0.5) is 4.39 Å². The number of hydrogen-bond acceptors (Lipinski definition) is 4. The number of imidazole rings is 1. The summed E-state index contributed by atoms with van der Waals surface area (Å²) in [5.74, 6) is 1.62. The first-order valence-electron chi connectivity index (χ1n) is 7.73. The molecule has 0 saturated heterocycles. The van der Waals surface area contributed by atoms with E-state index in [1.807, 2.05) is 13.0 Å². The fourth-order valence-electron chi connectivity index (χ4n) is 2.57. The third kappa shape index (κ3) is 3.55. The molecule has 0 aliphatic rings. The van der Waals surface area contributed by atoms with Gasteiger partial charge in [-0.05, 0) is 43.7 Å². The predicted molar refractivity (Wildman–Crippen MR) is 87.8 cm³/mol. The van der Waals surface area contributed by atoms with Crippen molar-refractivity contribution in [1.82, 2.24) is 15.3 Å². The van der Waals surface area contributed by atoms with Gasteiger partial charge in [-0.3, -0.25) is 0 Å². The Morgan fingerprint density at radius 2 is 2.04 bits per heavy atom. The lowest BCUT2D eigenvalue weighted by Gasteiger charge is -2.25. The molecular weight excluding hydrogens is 309 g/mol. The first-order valence-corrected chi connectivity index (χ1v) is 7.73. The maximum absolute atomic E-state index is 13.2. The molecule has 0 radical (unpaired) electrons. The third-order valence-corrected chi connectivity index (χ3v) is 3.92. The van der Waals surface area contributed by atoms with E-state index in [1.54, 1.807) is 37.5 Å². The number of nitrogens with one attached hydrogen (secondary N) is 2. The van der Waals surface area contributed by atoms with E-state index in [2.05, 4.69) is 15.3 Å². The number of aryl methyl sites for hydroxylation is 1. The van der Waals surface area contributed by atoms with E-state index in [0.29, 0.717) is 11.6 Å². The lowest BCUT2D eigenvalue weighted by Crippen LogP contribution is -2.37. The number of furan rings is 1. The van der Waals surface area contributed by atoms with Gasteiger partial charge in [0.25, 0.3) is 0 Å². The molecular formula is C18H20FN3O2. The van der Waals surface area contributed by atoms with Gasteiger partial charge in [0.2, 0.25) is 0 Å². The number of hydrogen-bond donors (Lipinski definition) is 3. The van der Waals surface area contributed by atoms with Crippen LogP contribution in [0.15, 0.2) is 53.2 Å². The zero-order valence-corrected chi connectivity index (χ0v) is 13.6. The van der Waals surface area contributed by atoms with Crippen molar-refractivity contribution >= 4 is 0 Å². The van der Waals surface area contributed by atoms with Gasteiger partial charge in [-0.1, -0.05) is 12.1 Å². The number of H-pyrrole nitrogens is 1. The van der Waals surface area contributed by atoms with E-state index in [1.165, 1.54) is 12.1 Å². The molecule has 3 rings (SSSR count). The van der Waals surface area contributed by atoms with Crippen molar-refractivity contribution in [1.29, 1.82) is 0 Å². The molecule has 5 nitrogen and oxygen atoms in total. The SMILES string of the molecule is Cc1ccc([C@@](C)(O)CN[C@@H](c2ccc(F)cc2)c2ncc[nH]2)o1. The number of aromatic amines is 1. The van der Waals surface area contributed by atoms with E-state index >= 15 is 0 Å². The molecule has 126 valence electrons. The van der Waals surface area contributed by atoms with Crippen molar-refractivity contribution in [2.45, 2.75) is 25.5 Å². The van der Waals surface area contributed by atoms with Crippen LogP contribution < -0.4 is 5.32 Å². The molecule has 1 aromatic carbocycles. The molecule has 3 aromatic rings. The van der Waals surface area contributed by atoms with Crippen LogP contribution >= 0.6 is 0 Å². The quantitative estimate of drug-likeness (QED) is 0.650. The largest absolute Gasteiger partial charge is 0.463 e. The summed E-state index contributed by atoms with van der Waals surface area (Å²) in [6.45, 7) is 3.75. The average molecular weight is 329 g/mol. The molecule has 0 unspecified atom stereocenters. The summed E-state index contributed by atoms with van der Waals surface area (Å²) in [5, 5.41) is 14.0. The summed E-state index contributed by atoms with van der Waals surface area (Å²) in [6.07, 6.45) is 3.38. The summed E-state index contributed by atoms with van der Waals surface area (Å²) >= 11 is 0. The van der Waals surface area contributed by atoms with Crippen LogP contribution in [0.25, 0.3) is 0 Å². The number of nitrogens with zero attached hydrogens (tertiary/aromatic N) is 1. The second-order valence-electron chi connectivity index (χ2n) is 6.02. The maximum atomic E-state index is 13.2. The molecule has 2 aromatic heterocycles.